The predicted molar refractivity (Wildman–Crippen MR) is 110 cm³/mol. The van der Waals surface area contributed by atoms with Crippen molar-refractivity contribution in [1.82, 2.24) is 10.0 Å². The van der Waals surface area contributed by atoms with Gasteiger partial charge >= 0.3 is 0 Å². The molecule has 1 aliphatic carbocycles. The Hall–Kier alpha value is -1.15. The Morgan fingerprint density at radius 1 is 1.15 bits per heavy atom. The molecule has 1 aromatic carbocycles. The molecule has 1 aliphatic heterocycles. The number of carbonyl (C=O) groups excluding carboxylic acids is 1. The fourth-order valence-electron chi connectivity index (χ4n) is 3.43. The lowest BCUT2D eigenvalue weighted by atomic mass is 9.84. The number of nitrogens with one attached hydrogen (secondary N) is 3. The Bertz CT molecular complexity index is 714. The zero-order valence-corrected chi connectivity index (χ0v) is 17.4. The van der Waals surface area contributed by atoms with E-state index in [4.69, 9.17) is 0 Å². The van der Waals surface area contributed by atoms with Crippen molar-refractivity contribution >= 4 is 34.0 Å². The highest BCUT2D eigenvalue weighted by Gasteiger charge is 2.24. The number of benzene rings is 1. The number of hydrogen-bond donors (Lipinski definition) is 3. The largest absolute Gasteiger partial charge is 0.326 e. The second-order valence-electron chi connectivity index (χ2n) is 7.64. The lowest BCUT2D eigenvalue weighted by Gasteiger charge is -2.27. The summed E-state index contributed by atoms with van der Waals surface area (Å²) in [6, 6.07) is 6.39. The van der Waals surface area contributed by atoms with E-state index in [1.54, 1.807) is 24.3 Å². The highest BCUT2D eigenvalue weighted by Crippen LogP contribution is 2.28. The molecule has 2 aliphatic rings. The third-order valence-corrected chi connectivity index (χ3v) is 6.84. The van der Waals surface area contributed by atoms with Crippen LogP contribution in [0.3, 0.4) is 0 Å². The van der Waals surface area contributed by atoms with E-state index >= 15 is 0 Å². The fourth-order valence-corrected chi connectivity index (χ4v) is 4.55. The maximum atomic E-state index is 12.3. The molecular formula is C19H30ClN3O3S. The Morgan fingerprint density at radius 2 is 1.78 bits per heavy atom. The SMILES string of the molecule is CC(CC(=O)Nc1ccc(S(=O)(=O)NCC2CC2)cc1)C1CCNCC1.Cl. The molecule has 1 aromatic rings. The third kappa shape index (κ3) is 6.75. The molecule has 1 heterocycles. The van der Waals surface area contributed by atoms with E-state index < -0.39 is 10.0 Å². The predicted octanol–water partition coefficient (Wildman–Crippen LogP) is 2.76. The molecule has 0 aromatic heterocycles. The van der Waals surface area contributed by atoms with E-state index in [1.165, 1.54) is 0 Å². The van der Waals surface area contributed by atoms with Gasteiger partial charge < -0.3 is 10.6 Å². The Morgan fingerprint density at radius 3 is 2.37 bits per heavy atom. The van der Waals surface area contributed by atoms with Crippen molar-refractivity contribution in [1.29, 1.82) is 0 Å². The van der Waals surface area contributed by atoms with Gasteiger partial charge in [0.05, 0.1) is 4.90 Å². The van der Waals surface area contributed by atoms with E-state index in [1.807, 2.05) is 0 Å². The molecule has 0 radical (unpaired) electrons. The highest BCUT2D eigenvalue weighted by atomic mass is 35.5. The second-order valence-corrected chi connectivity index (χ2v) is 9.40. The van der Waals surface area contributed by atoms with Crippen molar-refractivity contribution in [3.63, 3.8) is 0 Å². The molecule has 1 unspecified atom stereocenters. The minimum absolute atomic E-state index is 0. The van der Waals surface area contributed by atoms with Gasteiger partial charge in [-0.05, 0) is 80.8 Å². The van der Waals surface area contributed by atoms with Gasteiger partial charge in [-0.25, -0.2) is 13.1 Å². The van der Waals surface area contributed by atoms with Gasteiger partial charge in [-0.2, -0.15) is 0 Å². The average Bonchev–Trinajstić information content (AvgIpc) is 3.46. The summed E-state index contributed by atoms with van der Waals surface area (Å²) in [6.45, 7) is 4.70. The normalized spacial score (nSPS) is 19.1. The lowest BCUT2D eigenvalue weighted by molar-refractivity contribution is -0.117. The maximum Gasteiger partial charge on any atom is 0.240 e. The summed E-state index contributed by atoms with van der Waals surface area (Å²) in [7, 11) is -3.46. The van der Waals surface area contributed by atoms with Crippen molar-refractivity contribution in [2.75, 3.05) is 25.0 Å². The van der Waals surface area contributed by atoms with E-state index in [0.29, 0.717) is 36.4 Å². The average molecular weight is 416 g/mol. The van der Waals surface area contributed by atoms with Crippen LogP contribution in [0.5, 0.6) is 0 Å². The summed E-state index contributed by atoms with van der Waals surface area (Å²) in [6.07, 6.45) is 4.93. The fraction of sp³-hybridized carbons (Fsp3) is 0.632. The monoisotopic (exact) mass is 415 g/mol. The number of amides is 1. The van der Waals surface area contributed by atoms with Gasteiger partial charge in [0, 0.05) is 18.7 Å². The molecule has 1 saturated heterocycles. The van der Waals surface area contributed by atoms with E-state index in [0.717, 1.165) is 38.8 Å². The summed E-state index contributed by atoms with van der Waals surface area (Å²) >= 11 is 0. The molecule has 1 atom stereocenters. The summed E-state index contributed by atoms with van der Waals surface area (Å²) in [4.78, 5) is 12.5. The minimum atomic E-state index is -3.46. The second kappa shape index (κ2) is 9.87. The van der Waals surface area contributed by atoms with Gasteiger partial charge in [-0.1, -0.05) is 6.92 Å². The van der Waals surface area contributed by atoms with Crippen LogP contribution in [0.25, 0.3) is 0 Å². The van der Waals surface area contributed by atoms with Crippen LogP contribution in [0.2, 0.25) is 0 Å². The molecule has 27 heavy (non-hydrogen) atoms. The van der Waals surface area contributed by atoms with Crippen LogP contribution in [0, 0.1) is 17.8 Å². The first-order valence-electron chi connectivity index (χ1n) is 9.54. The van der Waals surface area contributed by atoms with E-state index in [2.05, 4.69) is 22.3 Å². The summed E-state index contributed by atoms with van der Waals surface area (Å²) in [5, 5.41) is 6.22. The molecule has 152 valence electrons. The molecule has 3 rings (SSSR count). The summed E-state index contributed by atoms with van der Waals surface area (Å²) < 4.78 is 27.1. The molecule has 0 spiro atoms. The van der Waals surface area contributed by atoms with Crippen LogP contribution >= 0.6 is 12.4 Å². The Kier molecular flexibility index (Phi) is 8.09. The van der Waals surface area contributed by atoms with Crippen LogP contribution in [-0.4, -0.2) is 34.0 Å². The Balaban J connectivity index is 0.00000261. The number of hydrogen-bond acceptors (Lipinski definition) is 4. The van der Waals surface area contributed by atoms with Gasteiger partial charge in [-0.15, -0.1) is 12.4 Å². The molecule has 1 amide bonds. The van der Waals surface area contributed by atoms with E-state index in [9.17, 15) is 13.2 Å². The number of anilines is 1. The van der Waals surface area contributed by atoms with Gasteiger partial charge in [0.15, 0.2) is 0 Å². The summed E-state index contributed by atoms with van der Waals surface area (Å²) in [5.41, 5.74) is 0.633. The van der Waals surface area contributed by atoms with Crippen LogP contribution in [0.15, 0.2) is 29.2 Å². The van der Waals surface area contributed by atoms with E-state index in [-0.39, 0.29) is 23.2 Å². The molecular weight excluding hydrogens is 386 g/mol. The number of piperidine rings is 1. The van der Waals surface area contributed by atoms with Crippen LogP contribution in [0.1, 0.15) is 39.0 Å². The molecule has 3 N–H and O–H groups in total. The molecule has 6 nitrogen and oxygen atoms in total. The van der Waals surface area contributed by atoms with Crippen molar-refractivity contribution in [3.8, 4) is 0 Å². The van der Waals surface area contributed by atoms with Crippen molar-refractivity contribution in [2.24, 2.45) is 17.8 Å². The van der Waals surface area contributed by atoms with Gasteiger partial charge in [0.1, 0.15) is 0 Å². The Labute approximate surface area is 168 Å². The molecule has 8 heteroatoms. The highest BCUT2D eigenvalue weighted by molar-refractivity contribution is 7.89. The lowest BCUT2D eigenvalue weighted by Crippen LogP contribution is -2.32. The maximum absolute atomic E-state index is 12.3. The summed E-state index contributed by atoms with van der Waals surface area (Å²) in [5.74, 6) is 1.42. The number of sulfonamides is 1. The molecule has 2 fully saturated rings. The topological polar surface area (TPSA) is 87.3 Å². The standard InChI is InChI=1S/C19H29N3O3S.ClH/c1-14(16-8-10-20-11-9-16)12-19(23)22-17-4-6-18(7-5-17)26(24,25)21-13-15-2-3-15;/h4-7,14-16,20-21H,2-3,8-13H2,1H3,(H,22,23);1H. The van der Waals surface area contributed by atoms with Crippen LogP contribution < -0.4 is 15.4 Å². The number of rotatable bonds is 8. The van der Waals surface area contributed by atoms with Gasteiger partial charge in [-0.3, -0.25) is 4.79 Å². The van der Waals surface area contributed by atoms with Gasteiger partial charge in [0.25, 0.3) is 0 Å². The van der Waals surface area contributed by atoms with Crippen LogP contribution in [-0.2, 0) is 14.8 Å². The smallest absolute Gasteiger partial charge is 0.240 e. The molecule has 1 saturated carbocycles. The quantitative estimate of drug-likeness (QED) is 0.609. The first-order valence-corrected chi connectivity index (χ1v) is 11.0. The molecule has 0 bridgehead atoms. The zero-order valence-electron chi connectivity index (χ0n) is 15.7. The van der Waals surface area contributed by atoms with Gasteiger partial charge in [0.2, 0.25) is 15.9 Å². The first-order chi connectivity index (χ1) is 12.4. The first kappa shape index (κ1) is 22.1. The van der Waals surface area contributed by atoms with Crippen molar-refractivity contribution in [2.45, 2.75) is 43.9 Å². The van der Waals surface area contributed by atoms with Crippen LogP contribution in [0.4, 0.5) is 5.69 Å². The number of carbonyl (C=O) groups is 1. The van der Waals surface area contributed by atoms with Crippen molar-refractivity contribution in [3.05, 3.63) is 24.3 Å². The van der Waals surface area contributed by atoms with Crippen molar-refractivity contribution < 1.29 is 13.2 Å². The zero-order chi connectivity index (χ0) is 18.6. The minimum Gasteiger partial charge on any atom is -0.326 e. The number of halogens is 1. The third-order valence-electron chi connectivity index (χ3n) is 5.40.